The molecule has 28 heavy (non-hydrogen) atoms. The van der Waals surface area contributed by atoms with Crippen LogP contribution in [-0.2, 0) is 0 Å². The van der Waals surface area contributed by atoms with Crippen LogP contribution in [0.1, 0.15) is 25.0 Å². The Morgan fingerprint density at radius 3 is 2.61 bits per heavy atom. The Labute approximate surface area is 161 Å². The predicted molar refractivity (Wildman–Crippen MR) is 108 cm³/mol. The zero-order chi connectivity index (χ0) is 19.5. The fourth-order valence-corrected chi connectivity index (χ4v) is 3.39. The van der Waals surface area contributed by atoms with Gasteiger partial charge in [0, 0.05) is 18.0 Å². The van der Waals surface area contributed by atoms with Crippen LogP contribution in [-0.4, -0.2) is 32.4 Å². The number of rotatable bonds is 1. The van der Waals surface area contributed by atoms with Crippen LogP contribution in [0.5, 0.6) is 0 Å². The molecule has 0 amide bonds. The Hall–Kier alpha value is -3.06. The Morgan fingerprint density at radius 2 is 1.89 bits per heavy atom. The second-order valence-corrected chi connectivity index (χ2v) is 6.96. The number of aromatic amines is 1. The number of H-pyrrole nitrogens is 1. The largest absolute Gasteiger partial charge is 0.317 e. The van der Waals surface area contributed by atoms with Gasteiger partial charge in [-0.15, -0.1) is 0 Å². The van der Waals surface area contributed by atoms with Gasteiger partial charge in [0.05, 0.1) is 22.9 Å². The standard InChI is InChI=1S/C16H11FN4O.C5H11N/c1-9-6-21-7-11(4-13(17)15(21)20-9)10-2-3-12-14(5-10)18-8-19-16(12)22;1-2-4-6-5-3-1/h2-8H,1H3,(H,18,19,22);6H,1-5H2. The van der Waals surface area contributed by atoms with Crippen LogP contribution in [0.15, 0.2) is 47.8 Å². The smallest absolute Gasteiger partial charge is 0.258 e. The van der Waals surface area contributed by atoms with Gasteiger partial charge in [0.1, 0.15) is 0 Å². The first-order valence-electron chi connectivity index (χ1n) is 9.45. The van der Waals surface area contributed by atoms with Gasteiger partial charge in [-0.05, 0) is 56.6 Å². The van der Waals surface area contributed by atoms with E-state index in [1.165, 1.54) is 44.7 Å². The van der Waals surface area contributed by atoms with Crippen molar-refractivity contribution in [2.45, 2.75) is 26.2 Å². The molecular weight excluding hydrogens is 357 g/mol. The molecule has 0 bridgehead atoms. The number of hydrogen-bond donors (Lipinski definition) is 2. The molecule has 144 valence electrons. The van der Waals surface area contributed by atoms with Crippen molar-refractivity contribution in [3.8, 4) is 11.1 Å². The maximum Gasteiger partial charge on any atom is 0.258 e. The number of nitrogens with one attached hydrogen (secondary N) is 2. The number of hydrogen-bond acceptors (Lipinski definition) is 4. The van der Waals surface area contributed by atoms with Crippen molar-refractivity contribution in [3.05, 3.63) is 64.9 Å². The van der Waals surface area contributed by atoms with Crippen molar-refractivity contribution < 1.29 is 4.39 Å². The first kappa shape index (κ1) is 18.3. The molecule has 4 heterocycles. The number of imidazole rings is 1. The van der Waals surface area contributed by atoms with Gasteiger partial charge in [-0.1, -0.05) is 12.5 Å². The minimum Gasteiger partial charge on any atom is -0.317 e. The fourth-order valence-electron chi connectivity index (χ4n) is 3.39. The van der Waals surface area contributed by atoms with Gasteiger partial charge in [0.15, 0.2) is 11.5 Å². The molecule has 6 nitrogen and oxygen atoms in total. The van der Waals surface area contributed by atoms with Crippen LogP contribution in [0.2, 0.25) is 0 Å². The van der Waals surface area contributed by atoms with E-state index < -0.39 is 0 Å². The van der Waals surface area contributed by atoms with Crippen molar-refractivity contribution in [3.63, 3.8) is 0 Å². The quantitative estimate of drug-likeness (QED) is 0.531. The number of fused-ring (bicyclic) bond motifs is 2. The average molecular weight is 379 g/mol. The van der Waals surface area contributed by atoms with Crippen LogP contribution in [0, 0.1) is 12.7 Å². The first-order chi connectivity index (χ1) is 13.6. The highest BCUT2D eigenvalue weighted by molar-refractivity contribution is 5.83. The summed E-state index contributed by atoms with van der Waals surface area (Å²) in [5.41, 5.74) is 2.93. The van der Waals surface area contributed by atoms with E-state index >= 15 is 0 Å². The third kappa shape index (κ3) is 3.80. The van der Waals surface area contributed by atoms with E-state index in [1.54, 1.807) is 28.8 Å². The van der Waals surface area contributed by atoms with Crippen LogP contribution in [0.4, 0.5) is 4.39 Å². The third-order valence-corrected chi connectivity index (χ3v) is 4.81. The van der Waals surface area contributed by atoms with Crippen LogP contribution in [0.25, 0.3) is 27.7 Å². The van der Waals surface area contributed by atoms with E-state index in [0.29, 0.717) is 22.1 Å². The van der Waals surface area contributed by atoms with Gasteiger partial charge >= 0.3 is 0 Å². The molecule has 3 aromatic heterocycles. The minimum atomic E-state index is -0.385. The first-order valence-corrected chi connectivity index (χ1v) is 9.45. The zero-order valence-corrected chi connectivity index (χ0v) is 15.7. The summed E-state index contributed by atoms with van der Waals surface area (Å²) < 4.78 is 15.8. The Kier molecular flexibility index (Phi) is 5.16. The molecule has 0 radical (unpaired) electrons. The number of benzene rings is 1. The maximum atomic E-state index is 14.2. The molecule has 0 unspecified atom stereocenters. The molecule has 1 aromatic carbocycles. The van der Waals surface area contributed by atoms with Gasteiger partial charge < -0.3 is 14.7 Å². The number of halogens is 1. The normalized spacial score (nSPS) is 14.1. The summed E-state index contributed by atoms with van der Waals surface area (Å²) in [7, 11) is 0. The minimum absolute atomic E-state index is 0.191. The maximum absolute atomic E-state index is 14.2. The van der Waals surface area contributed by atoms with Crippen LogP contribution < -0.4 is 10.9 Å². The molecule has 0 atom stereocenters. The number of piperidine rings is 1. The van der Waals surface area contributed by atoms with Gasteiger partial charge in [-0.3, -0.25) is 4.79 Å². The topological polar surface area (TPSA) is 75.1 Å². The number of aromatic nitrogens is 4. The van der Waals surface area contributed by atoms with Crippen LogP contribution in [0.3, 0.4) is 0 Å². The van der Waals surface area contributed by atoms with E-state index in [2.05, 4.69) is 20.3 Å². The van der Waals surface area contributed by atoms with Gasteiger partial charge in [-0.25, -0.2) is 14.4 Å². The van der Waals surface area contributed by atoms with Crippen molar-refractivity contribution in [2.24, 2.45) is 0 Å². The molecule has 2 N–H and O–H groups in total. The molecule has 0 spiro atoms. The fraction of sp³-hybridized carbons (Fsp3) is 0.286. The van der Waals surface area contributed by atoms with E-state index in [9.17, 15) is 9.18 Å². The lowest BCUT2D eigenvalue weighted by Crippen LogP contribution is -2.21. The number of nitrogens with zero attached hydrogens (tertiary/aromatic N) is 3. The number of pyridine rings is 1. The summed E-state index contributed by atoms with van der Waals surface area (Å²) in [6, 6.07) is 6.69. The van der Waals surface area contributed by atoms with Crippen LogP contribution >= 0.6 is 0 Å². The lowest BCUT2D eigenvalue weighted by atomic mass is 10.1. The highest BCUT2D eigenvalue weighted by Gasteiger charge is 2.09. The van der Waals surface area contributed by atoms with Crippen molar-refractivity contribution in [2.75, 3.05) is 13.1 Å². The molecular formula is C21H22FN5O. The Balaban J connectivity index is 0.000000275. The third-order valence-electron chi connectivity index (χ3n) is 4.81. The Morgan fingerprint density at radius 1 is 1.07 bits per heavy atom. The highest BCUT2D eigenvalue weighted by Crippen LogP contribution is 2.24. The SMILES string of the molecule is C1CCNCC1.Cc1cn2cc(-c3ccc4c(=O)[nH]cnc4c3)cc(F)c2n1. The second kappa shape index (κ2) is 7.90. The molecule has 7 heteroatoms. The average Bonchev–Trinajstić information content (AvgIpc) is 3.11. The van der Waals surface area contributed by atoms with Crippen molar-refractivity contribution >= 4 is 16.6 Å². The van der Waals surface area contributed by atoms with Crippen molar-refractivity contribution in [1.82, 2.24) is 24.7 Å². The molecule has 0 aliphatic carbocycles. The molecule has 1 aliphatic heterocycles. The number of aryl methyl sites for hydroxylation is 1. The summed E-state index contributed by atoms with van der Waals surface area (Å²) >= 11 is 0. The summed E-state index contributed by atoms with van der Waals surface area (Å²) in [5.74, 6) is -0.385. The summed E-state index contributed by atoms with van der Waals surface area (Å²) in [6.07, 6.45) is 9.16. The molecule has 5 rings (SSSR count). The van der Waals surface area contributed by atoms with E-state index in [1.807, 2.05) is 13.1 Å². The lowest BCUT2D eigenvalue weighted by Gasteiger charge is -2.08. The van der Waals surface area contributed by atoms with E-state index in [-0.39, 0.29) is 11.4 Å². The van der Waals surface area contributed by atoms with Gasteiger partial charge in [0.2, 0.25) is 0 Å². The van der Waals surface area contributed by atoms with E-state index in [0.717, 1.165) is 11.3 Å². The highest BCUT2D eigenvalue weighted by atomic mass is 19.1. The second-order valence-electron chi connectivity index (χ2n) is 6.96. The van der Waals surface area contributed by atoms with Gasteiger partial charge in [-0.2, -0.15) is 0 Å². The molecule has 4 aromatic rings. The predicted octanol–water partition coefficient (Wildman–Crippen LogP) is 3.45. The van der Waals surface area contributed by atoms with E-state index in [4.69, 9.17) is 0 Å². The monoisotopic (exact) mass is 379 g/mol. The summed E-state index contributed by atoms with van der Waals surface area (Å²) in [4.78, 5) is 22.5. The van der Waals surface area contributed by atoms with Crippen molar-refractivity contribution in [1.29, 1.82) is 0 Å². The molecule has 1 saturated heterocycles. The molecule has 1 aliphatic rings. The lowest BCUT2D eigenvalue weighted by molar-refractivity contribution is 0.520. The van der Waals surface area contributed by atoms with Gasteiger partial charge in [0.25, 0.3) is 5.56 Å². The zero-order valence-electron chi connectivity index (χ0n) is 15.7. The summed E-state index contributed by atoms with van der Waals surface area (Å²) in [6.45, 7) is 4.32. The summed E-state index contributed by atoms with van der Waals surface area (Å²) in [5, 5.41) is 3.79. The molecule has 0 saturated carbocycles. The Bertz CT molecular complexity index is 1170. The molecule has 1 fully saturated rings.